The van der Waals surface area contributed by atoms with Gasteiger partial charge in [-0.15, -0.1) is 0 Å². The average molecular weight is 789 g/mol. The molecule has 0 heterocycles. The monoisotopic (exact) mass is 788 g/mol. The number of benzene rings is 1. The Labute approximate surface area is 275 Å². The number of esters is 1. The number of unbranched alkanes of at least 4 members (excludes halogenated alkanes) is 2. The fourth-order valence-corrected chi connectivity index (χ4v) is 5.25. The minimum Gasteiger partial charge on any atom is -0.455 e. The molecule has 0 amide bonds. The minimum atomic E-state index is -9.10. The van der Waals surface area contributed by atoms with Crippen molar-refractivity contribution in [1.29, 1.82) is 0 Å². The van der Waals surface area contributed by atoms with Crippen molar-refractivity contribution in [3.63, 3.8) is 0 Å². The van der Waals surface area contributed by atoms with E-state index in [1.54, 1.807) is 0 Å². The van der Waals surface area contributed by atoms with Crippen LogP contribution in [0.1, 0.15) is 80.1 Å². The van der Waals surface area contributed by atoms with Gasteiger partial charge in [0.2, 0.25) is 0 Å². The molecule has 51 heavy (non-hydrogen) atoms. The molecule has 1 aromatic carbocycles. The van der Waals surface area contributed by atoms with E-state index in [4.69, 9.17) is 0 Å². The fourth-order valence-electron chi connectivity index (χ4n) is 5.25. The number of rotatable bonds is 17. The summed E-state index contributed by atoms with van der Waals surface area (Å²) >= 11 is 0. The van der Waals surface area contributed by atoms with E-state index in [9.17, 15) is 92.6 Å². The summed E-state index contributed by atoms with van der Waals surface area (Å²) in [6.45, 7) is -1.36. The van der Waals surface area contributed by atoms with Crippen LogP contribution >= 0.6 is 0 Å². The fraction of sp³-hybridized carbons (Fsp3) is 0.759. The van der Waals surface area contributed by atoms with Gasteiger partial charge in [0.05, 0.1) is 5.56 Å². The molecule has 0 unspecified atom stereocenters. The number of hydrogen-bond donors (Lipinski definition) is 0. The maximum Gasteiger partial charge on any atom is 0.385 e. The zero-order valence-electron chi connectivity index (χ0n) is 25.8. The third kappa shape index (κ3) is 7.43. The molecule has 1 aliphatic carbocycles. The maximum atomic E-state index is 14.2. The molecule has 22 heteroatoms. The quantitative estimate of drug-likeness (QED) is 0.0893. The Balaban J connectivity index is 2.26. The molecule has 296 valence electrons. The van der Waals surface area contributed by atoms with Crippen molar-refractivity contribution in [2.45, 2.75) is 124 Å². The summed E-state index contributed by atoms with van der Waals surface area (Å²) in [6.07, 6.45) is 1.19. The van der Waals surface area contributed by atoms with Crippen LogP contribution in [-0.2, 0) is 4.74 Å². The van der Waals surface area contributed by atoms with E-state index in [1.165, 1.54) is 12.1 Å². The van der Waals surface area contributed by atoms with Crippen molar-refractivity contribution in [2.24, 2.45) is 5.92 Å². The molecule has 0 N–H and O–H groups in total. The molecule has 0 aliphatic heterocycles. The normalized spacial score (nSPS) is 19.4. The van der Waals surface area contributed by atoms with Crippen LogP contribution in [0, 0.1) is 5.92 Å². The van der Waals surface area contributed by atoms with Gasteiger partial charge >= 0.3 is 65.7 Å². The lowest BCUT2D eigenvalue weighted by Crippen LogP contribution is -2.76. The number of carbonyl (C=O) groups excluding carboxylic acids is 1. The smallest absolute Gasteiger partial charge is 0.385 e. The highest BCUT2D eigenvalue weighted by Gasteiger charge is 2.96. The summed E-state index contributed by atoms with van der Waals surface area (Å²) in [5, 5.41) is 0. The summed E-state index contributed by atoms with van der Waals surface area (Å²) in [5.41, 5.74) is -0.116. The highest BCUT2D eigenvalue weighted by atomic mass is 19.4. The summed E-state index contributed by atoms with van der Waals surface area (Å²) in [6, 6.07) is 4.33. The van der Waals surface area contributed by atoms with Gasteiger partial charge in [-0.1, -0.05) is 44.7 Å². The van der Waals surface area contributed by atoms with Crippen LogP contribution in [0.4, 0.5) is 87.8 Å². The van der Waals surface area contributed by atoms with Crippen LogP contribution in [0.5, 0.6) is 0 Å². The Hall–Kier alpha value is -2.71. The minimum absolute atomic E-state index is 0.0260. The third-order valence-electron chi connectivity index (χ3n) is 8.58. The van der Waals surface area contributed by atoms with E-state index in [0.29, 0.717) is 24.3 Å². The first kappa shape index (κ1) is 44.5. The van der Waals surface area contributed by atoms with Crippen LogP contribution < -0.4 is 0 Å². The molecule has 0 bridgehead atoms. The highest BCUT2D eigenvalue weighted by molar-refractivity contribution is 5.89. The molecule has 2 nitrogen and oxygen atoms in total. The van der Waals surface area contributed by atoms with Gasteiger partial charge in [0.1, 0.15) is 0 Å². The summed E-state index contributed by atoms with van der Waals surface area (Å²) in [5.74, 6) is -77.6. The van der Waals surface area contributed by atoms with Crippen LogP contribution in [0.3, 0.4) is 0 Å². The van der Waals surface area contributed by atoms with Crippen LogP contribution in [0.25, 0.3) is 0 Å². The molecule has 0 spiro atoms. The molecule has 1 aliphatic rings. The first-order valence-electron chi connectivity index (χ1n) is 14.8. The molecule has 0 radical (unpaired) electrons. The zero-order valence-corrected chi connectivity index (χ0v) is 25.8. The van der Waals surface area contributed by atoms with Gasteiger partial charge in [0.25, 0.3) is 0 Å². The lowest BCUT2D eigenvalue weighted by Gasteiger charge is -2.44. The van der Waals surface area contributed by atoms with E-state index in [0.717, 1.165) is 50.7 Å². The van der Waals surface area contributed by atoms with Crippen molar-refractivity contribution in [3.8, 4) is 0 Å². The number of carbonyl (C=O) groups is 1. The van der Waals surface area contributed by atoms with E-state index in [1.807, 2.05) is 6.92 Å². The second kappa shape index (κ2) is 14.6. The number of halogens is 20. The zero-order chi connectivity index (χ0) is 39.9. The number of ether oxygens (including phenoxy) is 1. The Kier molecular flexibility index (Phi) is 12.7. The van der Waals surface area contributed by atoms with E-state index in [-0.39, 0.29) is 5.92 Å². The summed E-state index contributed by atoms with van der Waals surface area (Å²) < 4.78 is 276. The van der Waals surface area contributed by atoms with Crippen molar-refractivity contribution in [3.05, 3.63) is 35.4 Å². The molecule has 0 atom stereocenters. The first-order chi connectivity index (χ1) is 22.8. The lowest BCUT2D eigenvalue weighted by molar-refractivity contribution is -0.465. The van der Waals surface area contributed by atoms with Gasteiger partial charge in [0, 0.05) is 0 Å². The number of alkyl halides is 20. The summed E-state index contributed by atoms with van der Waals surface area (Å²) in [4.78, 5) is 12.1. The first-order valence-corrected chi connectivity index (χ1v) is 14.8. The molecule has 0 aromatic heterocycles. The molecular weight excluding hydrogens is 760 g/mol. The second-order valence-corrected chi connectivity index (χ2v) is 12.1. The van der Waals surface area contributed by atoms with Gasteiger partial charge < -0.3 is 4.74 Å². The topological polar surface area (TPSA) is 26.3 Å². The van der Waals surface area contributed by atoms with E-state index < -0.39 is 77.9 Å². The van der Waals surface area contributed by atoms with Crippen LogP contribution in [-0.4, -0.2) is 72.3 Å². The van der Waals surface area contributed by atoms with Crippen molar-refractivity contribution >= 4 is 5.97 Å². The summed E-state index contributed by atoms with van der Waals surface area (Å²) in [7, 11) is 0. The van der Waals surface area contributed by atoms with Crippen molar-refractivity contribution in [2.75, 3.05) is 6.61 Å². The SMILES string of the molecule is CCCCC[C@H]1CC[C@H](c2ccc(C(=O)OCC(F)(F)C(F)(F)C(F)(F)C(F)(F)C(F)(F)C(F)(F)C(F)(F)C(F)(F)C(F)(F)C(F)F)cc2)CC1. The molecule has 1 saturated carbocycles. The standard InChI is InChI=1S/C29H28F20O2/c1-2-3-4-5-15-6-8-16(9-7-15)17-10-12-18(13-11-17)19(50)51-14-21(32,33)23(36,37)25(40,41)27(44,45)29(48,49)28(46,47)26(42,43)24(38,39)22(34,35)20(30)31/h10-13,15-16,20H,2-9,14H2,1H3/t15-,16-. The van der Waals surface area contributed by atoms with Crippen molar-refractivity contribution < 1.29 is 97.3 Å². The Bertz CT molecular complexity index is 1320. The van der Waals surface area contributed by atoms with Gasteiger partial charge in [-0.2, -0.15) is 79.0 Å². The van der Waals surface area contributed by atoms with E-state index >= 15 is 0 Å². The van der Waals surface area contributed by atoms with E-state index in [2.05, 4.69) is 4.74 Å². The maximum absolute atomic E-state index is 14.2. The van der Waals surface area contributed by atoms with Crippen LogP contribution in [0.2, 0.25) is 0 Å². The Morgan fingerprint density at radius 2 is 1.04 bits per heavy atom. The van der Waals surface area contributed by atoms with Gasteiger partial charge in [-0.3, -0.25) is 0 Å². The van der Waals surface area contributed by atoms with Gasteiger partial charge in [-0.25, -0.2) is 13.6 Å². The Morgan fingerprint density at radius 3 is 1.45 bits per heavy atom. The van der Waals surface area contributed by atoms with Crippen molar-refractivity contribution in [1.82, 2.24) is 0 Å². The molecule has 0 saturated heterocycles. The average Bonchev–Trinajstić information content (AvgIpc) is 3.03. The predicted octanol–water partition coefficient (Wildman–Crippen LogP) is 11.7. The van der Waals surface area contributed by atoms with Gasteiger partial charge in [-0.05, 0) is 55.2 Å². The lowest BCUT2D eigenvalue weighted by atomic mass is 9.77. The Morgan fingerprint density at radius 1 is 0.627 bits per heavy atom. The van der Waals surface area contributed by atoms with Crippen LogP contribution in [0.15, 0.2) is 24.3 Å². The largest absolute Gasteiger partial charge is 0.455 e. The molecule has 1 fully saturated rings. The highest BCUT2D eigenvalue weighted by Crippen LogP contribution is 2.65. The number of hydrogen-bond acceptors (Lipinski definition) is 2. The third-order valence-corrected chi connectivity index (χ3v) is 8.58. The second-order valence-electron chi connectivity index (χ2n) is 12.1. The predicted molar refractivity (Wildman–Crippen MR) is 136 cm³/mol. The van der Waals surface area contributed by atoms with Gasteiger partial charge in [0.15, 0.2) is 6.61 Å². The molecule has 1 aromatic rings. The molecular formula is C29H28F20O2. The molecule has 2 rings (SSSR count).